The van der Waals surface area contributed by atoms with E-state index in [2.05, 4.69) is 17.1 Å². The molecule has 0 aliphatic carbocycles. The van der Waals surface area contributed by atoms with Gasteiger partial charge in [-0.05, 0) is 39.9 Å². The maximum absolute atomic E-state index is 5.39. The fourth-order valence-electron chi connectivity index (χ4n) is 1.71. The highest BCUT2D eigenvalue weighted by Gasteiger charge is 2.17. The van der Waals surface area contributed by atoms with E-state index in [1.165, 1.54) is 19.4 Å². The van der Waals surface area contributed by atoms with Gasteiger partial charge in [0.2, 0.25) is 0 Å². The third-order valence-electron chi connectivity index (χ3n) is 2.63. The van der Waals surface area contributed by atoms with Crippen molar-refractivity contribution in [3.8, 4) is 0 Å². The van der Waals surface area contributed by atoms with E-state index in [1.807, 2.05) is 7.05 Å². The van der Waals surface area contributed by atoms with Crippen LogP contribution in [0.2, 0.25) is 0 Å². The summed E-state index contributed by atoms with van der Waals surface area (Å²) in [4.78, 5) is 2.53. The first kappa shape index (κ1) is 11.0. The number of ether oxygens (including phenoxy) is 1. The van der Waals surface area contributed by atoms with Crippen LogP contribution in [0.25, 0.3) is 0 Å². The Balaban J connectivity index is 2.05. The number of hydrogen-bond donors (Lipinski definition) is 1. The minimum absolute atomic E-state index is 0.614. The van der Waals surface area contributed by atoms with Crippen molar-refractivity contribution in [3.63, 3.8) is 0 Å². The summed E-state index contributed by atoms with van der Waals surface area (Å²) in [6.07, 6.45) is 2.58. The highest BCUT2D eigenvalue weighted by Crippen LogP contribution is 2.06. The average molecular weight is 186 g/mol. The number of hydrogen-bond acceptors (Lipinski definition) is 3. The summed E-state index contributed by atoms with van der Waals surface area (Å²) < 4.78 is 5.39. The Kier molecular flexibility index (Phi) is 5.35. The first-order valence-corrected chi connectivity index (χ1v) is 5.31. The van der Waals surface area contributed by atoms with Crippen molar-refractivity contribution in [3.05, 3.63) is 0 Å². The molecule has 3 heteroatoms. The molecule has 1 aliphatic heterocycles. The maximum atomic E-state index is 5.39. The lowest BCUT2D eigenvalue weighted by atomic mass is 10.2. The molecule has 1 saturated heterocycles. The summed E-state index contributed by atoms with van der Waals surface area (Å²) in [6, 6.07) is 0.614. The molecule has 1 unspecified atom stereocenters. The van der Waals surface area contributed by atoms with E-state index >= 15 is 0 Å². The Morgan fingerprint density at radius 3 is 3.00 bits per heavy atom. The van der Waals surface area contributed by atoms with E-state index in [0.717, 1.165) is 26.3 Å². The van der Waals surface area contributed by atoms with Crippen LogP contribution in [-0.4, -0.2) is 50.8 Å². The fraction of sp³-hybridized carbons (Fsp3) is 1.00. The van der Waals surface area contributed by atoms with Crippen LogP contribution in [0.4, 0.5) is 0 Å². The number of nitrogens with zero attached hydrogens (tertiary/aromatic N) is 1. The van der Waals surface area contributed by atoms with Gasteiger partial charge in [0.05, 0.1) is 13.2 Å². The van der Waals surface area contributed by atoms with Crippen molar-refractivity contribution < 1.29 is 4.74 Å². The van der Waals surface area contributed by atoms with E-state index in [9.17, 15) is 0 Å². The second-order valence-corrected chi connectivity index (χ2v) is 3.77. The van der Waals surface area contributed by atoms with Crippen molar-refractivity contribution in [2.24, 2.45) is 0 Å². The molecule has 1 atom stereocenters. The normalized spacial score (nSPS) is 24.9. The number of unbranched alkanes of at least 4 members (excludes halogenated alkanes) is 1. The Labute approximate surface area is 81.4 Å². The summed E-state index contributed by atoms with van der Waals surface area (Å²) in [5.74, 6) is 0. The zero-order valence-corrected chi connectivity index (χ0v) is 8.88. The van der Waals surface area contributed by atoms with Crippen molar-refractivity contribution in [2.45, 2.75) is 25.8 Å². The van der Waals surface area contributed by atoms with Crippen LogP contribution >= 0.6 is 0 Å². The van der Waals surface area contributed by atoms with Gasteiger partial charge in [-0.15, -0.1) is 0 Å². The van der Waals surface area contributed by atoms with Crippen LogP contribution in [0.5, 0.6) is 0 Å². The number of nitrogens with one attached hydrogen (secondary N) is 1. The molecule has 0 radical (unpaired) electrons. The van der Waals surface area contributed by atoms with Gasteiger partial charge >= 0.3 is 0 Å². The topological polar surface area (TPSA) is 24.5 Å². The molecule has 1 fully saturated rings. The molecule has 1 heterocycles. The third kappa shape index (κ3) is 4.07. The summed E-state index contributed by atoms with van der Waals surface area (Å²) in [7, 11) is 2.01. The molecule has 1 rings (SSSR count). The fourth-order valence-corrected chi connectivity index (χ4v) is 1.71. The minimum Gasteiger partial charge on any atom is -0.379 e. The molecular weight excluding hydrogens is 164 g/mol. The van der Waals surface area contributed by atoms with Gasteiger partial charge in [0, 0.05) is 12.6 Å². The minimum atomic E-state index is 0.614. The first-order chi connectivity index (χ1) is 6.34. The van der Waals surface area contributed by atoms with Gasteiger partial charge in [-0.25, -0.2) is 0 Å². The molecule has 78 valence electrons. The lowest BCUT2D eigenvalue weighted by Crippen LogP contribution is -2.44. The highest BCUT2D eigenvalue weighted by molar-refractivity contribution is 4.70. The molecule has 0 aromatic carbocycles. The molecule has 0 aromatic rings. The molecule has 0 aromatic heterocycles. The van der Waals surface area contributed by atoms with Gasteiger partial charge < -0.3 is 10.1 Å². The van der Waals surface area contributed by atoms with Crippen molar-refractivity contribution in [2.75, 3.05) is 39.9 Å². The standard InChI is InChI=1S/C10H22N2O/c1-10-9-13-8-7-12(10)6-4-3-5-11-2/h10-11H,3-9H2,1-2H3. The average Bonchev–Trinajstić information content (AvgIpc) is 2.15. The van der Waals surface area contributed by atoms with Gasteiger partial charge in [0.25, 0.3) is 0 Å². The van der Waals surface area contributed by atoms with Crippen molar-refractivity contribution >= 4 is 0 Å². The van der Waals surface area contributed by atoms with Gasteiger partial charge in [0.1, 0.15) is 0 Å². The highest BCUT2D eigenvalue weighted by atomic mass is 16.5. The van der Waals surface area contributed by atoms with Crippen LogP contribution in [0, 0.1) is 0 Å². The van der Waals surface area contributed by atoms with E-state index in [0.29, 0.717) is 6.04 Å². The Bertz CT molecular complexity index is 130. The van der Waals surface area contributed by atoms with Crippen LogP contribution in [0.3, 0.4) is 0 Å². The summed E-state index contributed by atoms with van der Waals surface area (Å²) >= 11 is 0. The van der Waals surface area contributed by atoms with Crippen molar-refractivity contribution in [1.82, 2.24) is 10.2 Å². The van der Waals surface area contributed by atoms with E-state index in [4.69, 9.17) is 4.74 Å². The summed E-state index contributed by atoms with van der Waals surface area (Å²) in [5, 5.41) is 3.17. The van der Waals surface area contributed by atoms with E-state index in [1.54, 1.807) is 0 Å². The molecule has 3 nitrogen and oxygen atoms in total. The number of rotatable bonds is 5. The Morgan fingerprint density at radius 1 is 1.46 bits per heavy atom. The first-order valence-electron chi connectivity index (χ1n) is 5.31. The molecule has 0 spiro atoms. The second-order valence-electron chi connectivity index (χ2n) is 3.77. The monoisotopic (exact) mass is 186 g/mol. The molecule has 0 amide bonds. The molecule has 1 aliphatic rings. The van der Waals surface area contributed by atoms with Crippen molar-refractivity contribution in [1.29, 1.82) is 0 Å². The predicted molar refractivity (Wildman–Crippen MR) is 55.0 cm³/mol. The summed E-state index contributed by atoms with van der Waals surface area (Å²) in [5.41, 5.74) is 0. The lowest BCUT2D eigenvalue weighted by molar-refractivity contribution is -0.000824. The number of morpholine rings is 1. The Morgan fingerprint density at radius 2 is 2.31 bits per heavy atom. The van der Waals surface area contributed by atoms with Crippen LogP contribution in [-0.2, 0) is 4.74 Å². The van der Waals surface area contributed by atoms with E-state index in [-0.39, 0.29) is 0 Å². The lowest BCUT2D eigenvalue weighted by Gasteiger charge is -2.33. The van der Waals surface area contributed by atoms with Crippen LogP contribution < -0.4 is 5.32 Å². The van der Waals surface area contributed by atoms with Crippen LogP contribution in [0.15, 0.2) is 0 Å². The smallest absolute Gasteiger partial charge is 0.0619 e. The van der Waals surface area contributed by atoms with Gasteiger partial charge in [-0.2, -0.15) is 0 Å². The van der Waals surface area contributed by atoms with Crippen LogP contribution in [0.1, 0.15) is 19.8 Å². The molecular formula is C10H22N2O. The maximum Gasteiger partial charge on any atom is 0.0619 e. The molecule has 0 saturated carbocycles. The van der Waals surface area contributed by atoms with Gasteiger partial charge in [0.15, 0.2) is 0 Å². The summed E-state index contributed by atoms with van der Waals surface area (Å²) in [6.45, 7) is 7.55. The van der Waals surface area contributed by atoms with Gasteiger partial charge in [-0.1, -0.05) is 0 Å². The van der Waals surface area contributed by atoms with E-state index < -0.39 is 0 Å². The predicted octanol–water partition coefficient (Wildman–Crippen LogP) is 0.707. The quantitative estimate of drug-likeness (QED) is 0.640. The molecule has 13 heavy (non-hydrogen) atoms. The SMILES string of the molecule is CNCCCCN1CCOCC1C. The zero-order valence-electron chi connectivity index (χ0n) is 8.88. The second kappa shape index (κ2) is 6.35. The largest absolute Gasteiger partial charge is 0.379 e. The zero-order chi connectivity index (χ0) is 9.52. The third-order valence-corrected chi connectivity index (χ3v) is 2.63. The molecule has 1 N–H and O–H groups in total. The Hall–Kier alpha value is -0.120. The van der Waals surface area contributed by atoms with Gasteiger partial charge in [-0.3, -0.25) is 4.90 Å². The molecule has 0 bridgehead atoms.